The number of nitrogens with one attached hydrogen (secondary N) is 1. The van der Waals surface area contributed by atoms with Crippen molar-refractivity contribution in [2.75, 3.05) is 13.2 Å². The van der Waals surface area contributed by atoms with Crippen LogP contribution in [0.25, 0.3) is 0 Å². The van der Waals surface area contributed by atoms with Gasteiger partial charge in [-0.25, -0.2) is 0 Å². The number of hydrogen-bond donors (Lipinski definition) is 2. The second-order valence-corrected chi connectivity index (χ2v) is 9.79. The molecule has 1 aliphatic carbocycles. The van der Waals surface area contributed by atoms with Crippen LogP contribution in [-0.4, -0.2) is 39.7 Å². The second kappa shape index (κ2) is 8.83. The number of benzene rings is 1. The van der Waals surface area contributed by atoms with Gasteiger partial charge >= 0.3 is 0 Å². The number of amides is 1. The van der Waals surface area contributed by atoms with Crippen molar-refractivity contribution in [3.05, 3.63) is 70.1 Å². The van der Waals surface area contributed by atoms with Crippen LogP contribution in [0.4, 0.5) is 0 Å². The molecule has 1 aromatic carbocycles. The normalized spacial score (nSPS) is 28.4. The average Bonchev–Trinajstić information content (AvgIpc) is 3.51. The quantitative estimate of drug-likeness (QED) is 0.732. The standard InChI is InChI=1S/C26H33N3O3/c1-17(19-10-3-2-4-11-19)27-26(32)25-21(16-30)20-15-28-22(12-7-13-23(28)31)24(20)29(25)14-18-8-5-6-9-18/h2-4,7,10-13,17-18,20-21,24-25,30H,5-6,8-9,14-16H2,1H3,(H,27,32)/t17-,20-,21-,24+,25-/m1/s1. The van der Waals surface area contributed by atoms with Crippen molar-refractivity contribution in [1.82, 2.24) is 14.8 Å². The molecule has 0 unspecified atom stereocenters. The summed E-state index contributed by atoms with van der Waals surface area (Å²) < 4.78 is 1.85. The summed E-state index contributed by atoms with van der Waals surface area (Å²) in [4.78, 5) is 28.5. The maximum absolute atomic E-state index is 13.7. The van der Waals surface area contributed by atoms with Crippen molar-refractivity contribution < 1.29 is 9.90 Å². The van der Waals surface area contributed by atoms with Gasteiger partial charge < -0.3 is 15.0 Å². The molecular formula is C26H33N3O3. The molecular weight excluding hydrogens is 402 g/mol. The largest absolute Gasteiger partial charge is 0.396 e. The third kappa shape index (κ3) is 3.69. The number of pyridine rings is 1. The van der Waals surface area contributed by atoms with Crippen molar-refractivity contribution in [3.63, 3.8) is 0 Å². The van der Waals surface area contributed by atoms with Crippen molar-refractivity contribution >= 4 is 5.91 Å². The van der Waals surface area contributed by atoms with E-state index < -0.39 is 0 Å². The van der Waals surface area contributed by atoms with Gasteiger partial charge in [0.1, 0.15) is 0 Å². The minimum atomic E-state index is -0.383. The number of rotatable bonds is 6. The van der Waals surface area contributed by atoms with Crippen molar-refractivity contribution in [3.8, 4) is 0 Å². The van der Waals surface area contributed by atoms with Gasteiger partial charge in [-0.3, -0.25) is 14.5 Å². The maximum Gasteiger partial charge on any atom is 0.250 e. The Bertz CT molecular complexity index is 1010. The first-order valence-electron chi connectivity index (χ1n) is 12.0. The van der Waals surface area contributed by atoms with Crippen LogP contribution in [0.5, 0.6) is 0 Å². The number of aromatic nitrogens is 1. The Kier molecular flexibility index (Phi) is 5.91. The van der Waals surface area contributed by atoms with Crippen LogP contribution in [0, 0.1) is 17.8 Å². The summed E-state index contributed by atoms with van der Waals surface area (Å²) in [5, 5.41) is 13.6. The molecule has 1 saturated heterocycles. The fourth-order valence-corrected chi connectivity index (χ4v) is 6.38. The summed E-state index contributed by atoms with van der Waals surface area (Å²) in [7, 11) is 0. The average molecular weight is 436 g/mol. The summed E-state index contributed by atoms with van der Waals surface area (Å²) in [6.07, 6.45) is 4.87. The van der Waals surface area contributed by atoms with Gasteiger partial charge in [0, 0.05) is 43.3 Å². The van der Waals surface area contributed by atoms with Crippen LogP contribution in [0.3, 0.4) is 0 Å². The van der Waals surface area contributed by atoms with Gasteiger partial charge in [-0.1, -0.05) is 49.2 Å². The second-order valence-electron chi connectivity index (χ2n) is 9.79. The Morgan fingerprint density at radius 3 is 2.59 bits per heavy atom. The third-order valence-electron chi connectivity index (χ3n) is 7.94. The minimum Gasteiger partial charge on any atom is -0.396 e. The molecule has 5 atom stereocenters. The van der Waals surface area contributed by atoms with E-state index >= 15 is 0 Å². The highest BCUT2D eigenvalue weighted by molar-refractivity contribution is 5.83. The van der Waals surface area contributed by atoms with Gasteiger partial charge in [-0.2, -0.15) is 0 Å². The number of likely N-dealkylation sites (tertiary alicyclic amines) is 1. The van der Waals surface area contributed by atoms with Gasteiger partial charge in [-0.15, -0.1) is 0 Å². The van der Waals surface area contributed by atoms with Crippen LogP contribution in [-0.2, 0) is 11.3 Å². The molecule has 0 bridgehead atoms. The highest BCUT2D eigenvalue weighted by atomic mass is 16.3. The summed E-state index contributed by atoms with van der Waals surface area (Å²) >= 11 is 0. The Labute approximate surface area is 189 Å². The molecule has 2 aliphatic heterocycles. The number of fused-ring (bicyclic) bond motifs is 3. The van der Waals surface area contributed by atoms with Gasteiger partial charge in [0.2, 0.25) is 5.91 Å². The minimum absolute atomic E-state index is 0.00410. The van der Waals surface area contributed by atoms with E-state index in [9.17, 15) is 14.7 Å². The summed E-state index contributed by atoms with van der Waals surface area (Å²) in [6, 6.07) is 14.9. The fraction of sp³-hybridized carbons (Fsp3) is 0.538. The van der Waals surface area contributed by atoms with E-state index in [1.54, 1.807) is 6.07 Å². The number of nitrogens with zero attached hydrogens (tertiary/aromatic N) is 2. The molecule has 0 spiro atoms. The summed E-state index contributed by atoms with van der Waals surface area (Å²) in [5.41, 5.74) is 2.07. The van der Waals surface area contributed by atoms with Gasteiger partial charge in [0.05, 0.1) is 18.1 Å². The van der Waals surface area contributed by atoms with Crippen LogP contribution in [0.15, 0.2) is 53.3 Å². The van der Waals surface area contributed by atoms with Crippen LogP contribution >= 0.6 is 0 Å². The Morgan fingerprint density at radius 1 is 1.12 bits per heavy atom. The zero-order valence-corrected chi connectivity index (χ0v) is 18.7. The van der Waals surface area contributed by atoms with E-state index in [0.717, 1.165) is 17.8 Å². The Balaban J connectivity index is 1.47. The van der Waals surface area contributed by atoms with Gasteiger partial charge in [0.15, 0.2) is 0 Å². The fourth-order valence-electron chi connectivity index (χ4n) is 6.38. The monoisotopic (exact) mass is 435 g/mol. The number of hydrogen-bond acceptors (Lipinski definition) is 4. The van der Waals surface area contributed by atoms with E-state index in [-0.39, 0.29) is 48.0 Å². The predicted octanol–water partition coefficient (Wildman–Crippen LogP) is 2.88. The topological polar surface area (TPSA) is 74.6 Å². The molecule has 170 valence electrons. The number of carbonyl (C=O) groups is 1. The molecule has 2 fully saturated rings. The molecule has 5 rings (SSSR count). The van der Waals surface area contributed by atoms with Crippen molar-refractivity contribution in [2.45, 2.75) is 57.3 Å². The number of aliphatic hydroxyl groups excluding tert-OH is 1. The first-order chi connectivity index (χ1) is 15.6. The predicted molar refractivity (Wildman–Crippen MR) is 123 cm³/mol. The molecule has 3 heterocycles. The first kappa shape index (κ1) is 21.4. The lowest BCUT2D eigenvalue weighted by atomic mass is 9.88. The highest BCUT2D eigenvalue weighted by Gasteiger charge is 2.55. The van der Waals surface area contributed by atoms with Crippen LogP contribution < -0.4 is 10.9 Å². The first-order valence-corrected chi connectivity index (χ1v) is 12.0. The van der Waals surface area contributed by atoms with Crippen LogP contribution in [0.2, 0.25) is 0 Å². The van der Waals surface area contributed by atoms with Crippen molar-refractivity contribution in [2.24, 2.45) is 17.8 Å². The molecule has 0 radical (unpaired) electrons. The number of aliphatic hydroxyl groups is 1. The molecule has 2 N–H and O–H groups in total. The summed E-state index contributed by atoms with van der Waals surface area (Å²) in [6.45, 7) is 3.37. The smallest absolute Gasteiger partial charge is 0.250 e. The van der Waals surface area contributed by atoms with E-state index in [0.29, 0.717) is 12.5 Å². The molecule has 2 aromatic rings. The lowest BCUT2D eigenvalue weighted by Gasteiger charge is -2.33. The van der Waals surface area contributed by atoms with Gasteiger partial charge in [-0.05, 0) is 37.3 Å². The van der Waals surface area contributed by atoms with E-state index in [1.807, 2.05) is 54.0 Å². The van der Waals surface area contributed by atoms with Crippen LogP contribution in [0.1, 0.15) is 55.9 Å². The lowest BCUT2D eigenvalue weighted by molar-refractivity contribution is -0.128. The molecule has 3 aliphatic rings. The molecule has 6 heteroatoms. The Morgan fingerprint density at radius 2 is 1.88 bits per heavy atom. The Hall–Kier alpha value is -2.44. The van der Waals surface area contributed by atoms with E-state index in [1.165, 1.54) is 25.7 Å². The SMILES string of the molecule is C[C@@H](NC(=O)[C@H]1[C@H](CO)[C@H]2Cn3c(cccc3=O)[C@H]2N1CC1CCCC1)c1ccccc1. The molecule has 1 saturated carbocycles. The molecule has 32 heavy (non-hydrogen) atoms. The molecule has 1 aromatic heterocycles. The number of carbonyl (C=O) groups excluding carboxylic acids is 1. The zero-order valence-electron chi connectivity index (χ0n) is 18.7. The summed E-state index contributed by atoms with van der Waals surface area (Å²) in [5.74, 6) is 0.431. The third-order valence-corrected chi connectivity index (χ3v) is 7.94. The van der Waals surface area contributed by atoms with Crippen molar-refractivity contribution in [1.29, 1.82) is 0 Å². The van der Waals surface area contributed by atoms with Gasteiger partial charge in [0.25, 0.3) is 5.56 Å². The molecule has 6 nitrogen and oxygen atoms in total. The highest BCUT2D eigenvalue weighted by Crippen LogP contribution is 2.50. The van der Waals surface area contributed by atoms with E-state index in [2.05, 4.69) is 10.2 Å². The maximum atomic E-state index is 13.7. The lowest BCUT2D eigenvalue weighted by Crippen LogP contribution is -2.49. The van der Waals surface area contributed by atoms with E-state index in [4.69, 9.17) is 0 Å². The molecule has 1 amide bonds. The zero-order chi connectivity index (χ0) is 22.2.